The van der Waals surface area contributed by atoms with Crippen LogP contribution in [0.1, 0.15) is 81.0 Å². The lowest BCUT2D eigenvalue weighted by atomic mass is 10.0. The molecule has 2 N–H and O–H groups in total. The molecule has 2 rings (SSSR count). The number of Topliss-reactive ketones (excluding diaryl/α,β-unsaturated/α-hetero) is 1. The Morgan fingerprint density at radius 3 is 1.91 bits per heavy atom. The lowest BCUT2D eigenvalue weighted by Crippen LogP contribution is -2.46. The van der Waals surface area contributed by atoms with E-state index in [9.17, 15) is 9.59 Å². The van der Waals surface area contributed by atoms with Gasteiger partial charge in [-0.15, -0.1) is 0 Å². The van der Waals surface area contributed by atoms with Gasteiger partial charge in [0, 0.05) is 23.9 Å². The van der Waals surface area contributed by atoms with Crippen LogP contribution in [0.4, 0.5) is 0 Å². The quantitative estimate of drug-likeness (QED) is 0.232. The number of hydrogen-bond donors (Lipinski definition) is 2. The largest absolute Gasteiger partial charge is 0.368 e. The second-order valence-corrected chi connectivity index (χ2v) is 8.68. The summed E-state index contributed by atoms with van der Waals surface area (Å²) in [6.45, 7) is 7.59. The Labute approximate surface area is 205 Å². The smallest absolute Gasteiger partial charge is 0.249 e. The number of hydrogen-bond acceptors (Lipinski definition) is 3. The number of likely N-dealkylation sites (N-methyl/N-ethyl adjacent to an activating group) is 1. The maximum atomic E-state index is 11.9. The Balaban J connectivity index is 1.86. The Morgan fingerprint density at radius 2 is 1.38 bits per heavy atom. The number of rotatable bonds is 13. The van der Waals surface area contributed by atoms with Gasteiger partial charge in [-0.3, -0.25) is 9.59 Å². The summed E-state index contributed by atoms with van der Waals surface area (Å²) >= 11 is 0. The highest BCUT2D eigenvalue weighted by molar-refractivity contribution is 6.05. The molecule has 0 aliphatic carbocycles. The highest BCUT2D eigenvalue weighted by Gasteiger charge is 2.22. The van der Waals surface area contributed by atoms with Gasteiger partial charge in [0.15, 0.2) is 11.8 Å². The van der Waals surface area contributed by atoms with E-state index in [0.717, 1.165) is 23.1 Å². The Bertz CT molecular complexity index is 995. The van der Waals surface area contributed by atoms with E-state index >= 15 is 0 Å². The first kappa shape index (κ1) is 26.9. The van der Waals surface area contributed by atoms with Crippen LogP contribution < -0.4 is 10.6 Å². The van der Waals surface area contributed by atoms with Gasteiger partial charge in [0.25, 0.3) is 0 Å². The fraction of sp³-hybridized carbons (Fsp3) is 0.400. The molecule has 0 aliphatic rings. The number of amides is 1. The number of carbonyl (C=O) groups excluding carboxylic acids is 2. The van der Waals surface area contributed by atoms with Gasteiger partial charge in [-0.25, -0.2) is 0 Å². The summed E-state index contributed by atoms with van der Waals surface area (Å²) in [5.41, 5.74) is 4.57. The van der Waals surface area contributed by atoms with Crippen LogP contribution in [0.25, 0.3) is 5.70 Å². The second-order valence-electron chi connectivity index (χ2n) is 8.68. The molecule has 180 valence electrons. The summed E-state index contributed by atoms with van der Waals surface area (Å²) < 4.78 is 0. The third kappa shape index (κ3) is 9.27. The molecule has 0 aromatic heterocycles. The molecule has 0 bridgehead atoms. The molecule has 0 saturated heterocycles. The second kappa shape index (κ2) is 14.8. The van der Waals surface area contributed by atoms with Crippen LogP contribution in [0, 0.1) is 11.8 Å². The lowest BCUT2D eigenvalue weighted by molar-refractivity contribution is -0.129. The van der Waals surface area contributed by atoms with E-state index in [4.69, 9.17) is 0 Å². The summed E-state index contributed by atoms with van der Waals surface area (Å²) in [6.07, 6.45) is 10.4. The van der Waals surface area contributed by atoms with Crippen molar-refractivity contribution in [2.45, 2.75) is 71.3 Å². The van der Waals surface area contributed by atoms with E-state index in [1.54, 1.807) is 0 Å². The number of nitrogens with one attached hydrogen (secondary N) is 2. The van der Waals surface area contributed by atoms with Crippen molar-refractivity contribution in [3.8, 4) is 11.8 Å². The summed E-state index contributed by atoms with van der Waals surface area (Å²) in [6, 6.07) is 15.2. The molecule has 0 aliphatic heterocycles. The first-order chi connectivity index (χ1) is 16.4. The highest BCUT2D eigenvalue weighted by atomic mass is 16.2. The van der Waals surface area contributed by atoms with Crippen LogP contribution in [0.2, 0.25) is 0 Å². The Hall–Kier alpha value is -3.32. The average molecular weight is 459 g/mol. The van der Waals surface area contributed by atoms with Crippen LogP contribution in [-0.2, 0) is 16.0 Å². The molecule has 1 unspecified atom stereocenters. The minimum absolute atomic E-state index is 0.267. The van der Waals surface area contributed by atoms with Gasteiger partial charge in [-0.05, 0) is 55.2 Å². The van der Waals surface area contributed by atoms with Crippen LogP contribution >= 0.6 is 0 Å². The normalized spacial score (nSPS) is 11.1. The van der Waals surface area contributed by atoms with Crippen molar-refractivity contribution in [1.82, 2.24) is 10.6 Å². The zero-order valence-corrected chi connectivity index (χ0v) is 20.9. The van der Waals surface area contributed by atoms with Crippen LogP contribution in [0.5, 0.6) is 0 Å². The van der Waals surface area contributed by atoms with Crippen molar-refractivity contribution in [3.63, 3.8) is 0 Å². The minimum atomic E-state index is -0.953. The molecule has 0 spiro atoms. The summed E-state index contributed by atoms with van der Waals surface area (Å²) in [4.78, 5) is 23.6. The topological polar surface area (TPSA) is 58.2 Å². The Morgan fingerprint density at radius 1 is 0.853 bits per heavy atom. The Kier molecular flexibility index (Phi) is 11.7. The molecule has 2 aromatic rings. The maximum Gasteiger partial charge on any atom is 0.249 e. The molecule has 4 heteroatoms. The van der Waals surface area contributed by atoms with Gasteiger partial charge in [-0.2, -0.15) is 0 Å². The molecule has 0 radical (unpaired) electrons. The average Bonchev–Trinajstić information content (AvgIpc) is 2.85. The zero-order chi connectivity index (χ0) is 24.8. The van der Waals surface area contributed by atoms with Crippen molar-refractivity contribution < 1.29 is 9.59 Å². The monoisotopic (exact) mass is 458 g/mol. The summed E-state index contributed by atoms with van der Waals surface area (Å²) in [5.74, 6) is 5.76. The van der Waals surface area contributed by atoms with E-state index in [1.165, 1.54) is 64.5 Å². The summed E-state index contributed by atoms with van der Waals surface area (Å²) in [5, 5.41) is 5.39. The van der Waals surface area contributed by atoms with Gasteiger partial charge in [0.05, 0.1) is 0 Å². The number of aryl methyl sites for hydroxylation is 1. The van der Waals surface area contributed by atoms with Crippen molar-refractivity contribution in [2.75, 3.05) is 7.05 Å². The summed E-state index contributed by atoms with van der Waals surface area (Å²) in [7, 11) is 1.50. The van der Waals surface area contributed by atoms with Gasteiger partial charge in [-0.1, -0.05) is 88.1 Å². The van der Waals surface area contributed by atoms with E-state index in [-0.39, 0.29) is 11.7 Å². The third-order valence-electron chi connectivity index (χ3n) is 5.84. The predicted molar refractivity (Wildman–Crippen MR) is 141 cm³/mol. The van der Waals surface area contributed by atoms with Crippen LogP contribution in [-0.4, -0.2) is 24.8 Å². The molecular formula is C30H38N2O2. The molecule has 4 nitrogen and oxygen atoms in total. The van der Waals surface area contributed by atoms with Gasteiger partial charge >= 0.3 is 0 Å². The van der Waals surface area contributed by atoms with E-state index in [1.807, 2.05) is 24.3 Å². The van der Waals surface area contributed by atoms with E-state index in [0.29, 0.717) is 5.70 Å². The molecule has 34 heavy (non-hydrogen) atoms. The predicted octanol–water partition coefficient (Wildman–Crippen LogP) is 5.64. The number of benzene rings is 2. The van der Waals surface area contributed by atoms with Gasteiger partial charge in [0.1, 0.15) is 0 Å². The fourth-order valence-electron chi connectivity index (χ4n) is 3.69. The number of carbonyl (C=O) groups is 2. The molecule has 0 fully saturated rings. The molecule has 0 saturated carbocycles. The first-order valence-corrected chi connectivity index (χ1v) is 12.3. The minimum Gasteiger partial charge on any atom is -0.368 e. The maximum absolute atomic E-state index is 11.9. The van der Waals surface area contributed by atoms with E-state index < -0.39 is 6.04 Å². The van der Waals surface area contributed by atoms with Gasteiger partial charge < -0.3 is 10.6 Å². The SMILES string of the molecule is C=C(NC(C(C)=O)C(=O)NC)c1ccc(C#Cc2ccc(CCCCCCCCC)cc2)cc1. The van der Waals surface area contributed by atoms with Crippen LogP contribution in [0.15, 0.2) is 55.1 Å². The van der Waals surface area contributed by atoms with E-state index in [2.05, 4.69) is 60.2 Å². The standard InChI is InChI=1S/C30H38N2O2/c1-5-6-7-8-9-10-11-12-25-13-15-26(16-14-25)17-18-27-19-21-28(22-20-27)23(2)32-29(24(3)33)30(34)31-4/h13-16,19-22,29,32H,2,5-12H2,1,3-4H3,(H,31,34). The molecular weight excluding hydrogens is 420 g/mol. The third-order valence-corrected chi connectivity index (χ3v) is 5.84. The number of ketones is 1. The van der Waals surface area contributed by atoms with Crippen molar-refractivity contribution in [1.29, 1.82) is 0 Å². The number of unbranched alkanes of at least 4 members (excludes halogenated alkanes) is 6. The van der Waals surface area contributed by atoms with Crippen molar-refractivity contribution >= 4 is 17.4 Å². The molecule has 1 atom stereocenters. The fourth-order valence-corrected chi connectivity index (χ4v) is 3.69. The lowest BCUT2D eigenvalue weighted by Gasteiger charge is -2.17. The first-order valence-electron chi connectivity index (χ1n) is 12.3. The van der Waals surface area contributed by atoms with Crippen LogP contribution in [0.3, 0.4) is 0 Å². The molecule has 0 heterocycles. The van der Waals surface area contributed by atoms with Crippen molar-refractivity contribution in [2.24, 2.45) is 0 Å². The molecule has 1 amide bonds. The highest BCUT2D eigenvalue weighted by Crippen LogP contribution is 2.13. The van der Waals surface area contributed by atoms with Crippen molar-refractivity contribution in [3.05, 3.63) is 77.4 Å². The van der Waals surface area contributed by atoms with Gasteiger partial charge in [0.2, 0.25) is 5.91 Å². The zero-order valence-electron chi connectivity index (χ0n) is 20.9. The molecule has 2 aromatic carbocycles.